The number of thioether (sulfide) groups is 1. The Morgan fingerprint density at radius 3 is 2.76 bits per heavy atom. The Morgan fingerprint density at radius 1 is 1.43 bits per heavy atom. The summed E-state index contributed by atoms with van der Waals surface area (Å²) in [4.78, 5) is 27.4. The average molecular weight is 306 g/mol. The summed E-state index contributed by atoms with van der Waals surface area (Å²) in [5.41, 5.74) is 1.01. The number of hydrogen-bond acceptors (Lipinski definition) is 4. The van der Waals surface area contributed by atoms with Gasteiger partial charge in [-0.05, 0) is 6.42 Å². The number of carboxylic acid groups (broad SMARTS) is 1. The zero-order chi connectivity index (χ0) is 15.2. The zero-order valence-corrected chi connectivity index (χ0v) is 12.6. The number of hydrogen-bond donors (Lipinski definition) is 2. The number of amides is 1. The summed E-state index contributed by atoms with van der Waals surface area (Å²) >= 11 is 1.55. The molecule has 1 aromatic rings. The van der Waals surface area contributed by atoms with Crippen molar-refractivity contribution in [2.75, 3.05) is 12.3 Å². The van der Waals surface area contributed by atoms with Gasteiger partial charge in [0, 0.05) is 17.9 Å². The Labute approximate surface area is 127 Å². The molecule has 1 heterocycles. The fourth-order valence-electron chi connectivity index (χ4n) is 1.99. The normalized spacial score (nSPS) is 18.9. The molecule has 2 unspecified atom stereocenters. The molecule has 0 radical (unpaired) electrons. The maximum Gasteiger partial charge on any atom is 0.308 e. The molecule has 0 aliphatic carbocycles. The van der Waals surface area contributed by atoms with Crippen LogP contribution in [-0.2, 0) is 9.59 Å². The fourth-order valence-corrected chi connectivity index (χ4v) is 3.04. The lowest BCUT2D eigenvalue weighted by molar-refractivity contribution is -0.141. The van der Waals surface area contributed by atoms with Crippen molar-refractivity contribution in [3.05, 3.63) is 35.9 Å². The van der Waals surface area contributed by atoms with E-state index >= 15 is 0 Å². The smallest absolute Gasteiger partial charge is 0.308 e. The number of nitrogens with zero attached hydrogens (tertiary/aromatic N) is 1. The van der Waals surface area contributed by atoms with E-state index in [2.05, 4.69) is 10.3 Å². The van der Waals surface area contributed by atoms with Crippen LogP contribution in [0.25, 0.3) is 0 Å². The van der Waals surface area contributed by atoms with Crippen molar-refractivity contribution < 1.29 is 14.7 Å². The first-order valence-electron chi connectivity index (χ1n) is 6.88. The average Bonchev–Trinajstić information content (AvgIpc) is 2.98. The first-order valence-corrected chi connectivity index (χ1v) is 7.87. The number of nitrogens with one attached hydrogen (secondary N) is 1. The van der Waals surface area contributed by atoms with E-state index in [9.17, 15) is 9.59 Å². The van der Waals surface area contributed by atoms with Crippen LogP contribution in [0.5, 0.6) is 0 Å². The highest BCUT2D eigenvalue weighted by molar-refractivity contribution is 8.14. The highest BCUT2D eigenvalue weighted by atomic mass is 32.2. The molecule has 2 atom stereocenters. The van der Waals surface area contributed by atoms with Crippen molar-refractivity contribution in [2.24, 2.45) is 10.9 Å². The number of carbonyl (C=O) groups excluding carboxylic acids is 1. The Kier molecular flexibility index (Phi) is 5.38. The van der Waals surface area contributed by atoms with Gasteiger partial charge in [0.1, 0.15) is 6.04 Å². The number of carbonyl (C=O) groups is 2. The summed E-state index contributed by atoms with van der Waals surface area (Å²) in [6.07, 6.45) is 0.494. The minimum Gasteiger partial charge on any atom is -0.481 e. The number of benzene rings is 1. The molecule has 1 amide bonds. The van der Waals surface area contributed by atoms with Crippen LogP contribution in [0.15, 0.2) is 35.3 Å². The molecule has 5 nitrogen and oxygen atoms in total. The lowest BCUT2D eigenvalue weighted by Gasteiger charge is -2.12. The van der Waals surface area contributed by atoms with Gasteiger partial charge < -0.3 is 10.4 Å². The van der Waals surface area contributed by atoms with E-state index in [0.717, 1.165) is 10.6 Å². The zero-order valence-electron chi connectivity index (χ0n) is 11.8. The molecule has 0 saturated heterocycles. The summed E-state index contributed by atoms with van der Waals surface area (Å²) in [6.45, 7) is 1.95. The van der Waals surface area contributed by atoms with Crippen LogP contribution in [0.2, 0.25) is 0 Å². The van der Waals surface area contributed by atoms with Crippen molar-refractivity contribution in [1.29, 1.82) is 0 Å². The minimum atomic E-state index is -0.882. The third-order valence-corrected chi connectivity index (χ3v) is 4.44. The van der Waals surface area contributed by atoms with Gasteiger partial charge in [-0.1, -0.05) is 37.3 Å². The highest BCUT2D eigenvalue weighted by Crippen LogP contribution is 2.23. The van der Waals surface area contributed by atoms with Gasteiger partial charge in [0.15, 0.2) is 0 Å². The Bertz CT molecular complexity index is 545. The molecule has 1 aromatic carbocycles. The van der Waals surface area contributed by atoms with Crippen molar-refractivity contribution in [3.63, 3.8) is 0 Å². The minimum absolute atomic E-state index is 0.155. The second kappa shape index (κ2) is 7.26. The monoisotopic (exact) mass is 306 g/mol. The van der Waals surface area contributed by atoms with Crippen LogP contribution in [-0.4, -0.2) is 40.4 Å². The second-order valence-electron chi connectivity index (χ2n) is 4.82. The van der Waals surface area contributed by atoms with Crippen molar-refractivity contribution >= 4 is 28.7 Å². The maximum atomic E-state index is 12.0. The summed E-state index contributed by atoms with van der Waals surface area (Å²) in [6, 6.07) is 9.30. The van der Waals surface area contributed by atoms with Gasteiger partial charge >= 0.3 is 5.97 Å². The lowest BCUT2D eigenvalue weighted by atomic mass is 10.1. The Morgan fingerprint density at radius 2 is 2.14 bits per heavy atom. The first kappa shape index (κ1) is 15.6. The van der Waals surface area contributed by atoms with Crippen LogP contribution in [0.1, 0.15) is 18.9 Å². The quantitative estimate of drug-likeness (QED) is 0.839. The van der Waals surface area contributed by atoms with Crippen LogP contribution >= 0.6 is 11.8 Å². The van der Waals surface area contributed by atoms with Crippen molar-refractivity contribution in [3.8, 4) is 0 Å². The fraction of sp³-hybridized carbons (Fsp3) is 0.400. The molecule has 0 aromatic heterocycles. The van der Waals surface area contributed by atoms with Crippen molar-refractivity contribution in [1.82, 2.24) is 5.32 Å². The van der Waals surface area contributed by atoms with Crippen LogP contribution in [0.4, 0.5) is 0 Å². The van der Waals surface area contributed by atoms with E-state index in [1.54, 1.807) is 18.7 Å². The summed E-state index contributed by atoms with van der Waals surface area (Å²) in [5.74, 6) is -1.03. The molecule has 0 fully saturated rings. The van der Waals surface area contributed by atoms with Crippen LogP contribution in [0, 0.1) is 5.92 Å². The van der Waals surface area contributed by atoms with Gasteiger partial charge in [0.25, 0.3) is 0 Å². The van der Waals surface area contributed by atoms with Crippen molar-refractivity contribution in [2.45, 2.75) is 19.4 Å². The molecule has 112 valence electrons. The van der Waals surface area contributed by atoms with E-state index in [1.807, 2.05) is 30.3 Å². The summed E-state index contributed by atoms with van der Waals surface area (Å²) in [7, 11) is 0. The van der Waals surface area contributed by atoms with Crippen LogP contribution in [0.3, 0.4) is 0 Å². The maximum absolute atomic E-state index is 12.0. The van der Waals surface area contributed by atoms with Crippen LogP contribution < -0.4 is 5.32 Å². The molecule has 0 bridgehead atoms. The highest BCUT2D eigenvalue weighted by Gasteiger charge is 2.26. The number of rotatable bonds is 6. The summed E-state index contributed by atoms with van der Waals surface area (Å²) in [5, 5.41) is 12.5. The van der Waals surface area contributed by atoms with E-state index in [4.69, 9.17) is 5.11 Å². The molecule has 2 rings (SSSR count). The molecule has 0 saturated carbocycles. The van der Waals surface area contributed by atoms with E-state index in [1.165, 1.54) is 0 Å². The molecule has 1 aliphatic heterocycles. The standard InChI is InChI=1S/C15H18N2O3S/c1-2-10(15(19)20)8-16-13(18)12-9-21-14(17-12)11-6-4-3-5-7-11/h3-7,10,12H,2,8-9H2,1H3,(H,16,18)(H,19,20). The largest absolute Gasteiger partial charge is 0.481 e. The molecule has 1 aliphatic rings. The van der Waals surface area contributed by atoms with Gasteiger partial charge in [0.05, 0.1) is 11.0 Å². The molecule has 6 heteroatoms. The third kappa shape index (κ3) is 4.07. The van der Waals surface area contributed by atoms with E-state index in [-0.39, 0.29) is 12.5 Å². The molecule has 2 N–H and O–H groups in total. The lowest BCUT2D eigenvalue weighted by Crippen LogP contribution is -2.38. The predicted molar refractivity (Wildman–Crippen MR) is 83.7 cm³/mol. The van der Waals surface area contributed by atoms with Gasteiger partial charge in [-0.15, -0.1) is 11.8 Å². The summed E-state index contributed by atoms with van der Waals surface area (Å²) < 4.78 is 0. The number of aliphatic imine (C=N–C) groups is 1. The molecular formula is C15H18N2O3S. The number of aliphatic carboxylic acids is 1. The second-order valence-corrected chi connectivity index (χ2v) is 5.82. The Balaban J connectivity index is 1.93. The first-order chi connectivity index (χ1) is 10.1. The van der Waals surface area contributed by atoms with E-state index < -0.39 is 17.9 Å². The van der Waals surface area contributed by atoms with Gasteiger partial charge in [-0.25, -0.2) is 0 Å². The third-order valence-electron chi connectivity index (χ3n) is 3.34. The van der Waals surface area contributed by atoms with E-state index in [0.29, 0.717) is 12.2 Å². The van der Waals surface area contributed by atoms with Gasteiger partial charge in [0.2, 0.25) is 5.91 Å². The molecule has 0 spiro atoms. The Hall–Kier alpha value is -1.82. The molecular weight excluding hydrogens is 288 g/mol. The topological polar surface area (TPSA) is 78.8 Å². The number of carboxylic acids is 1. The van der Waals surface area contributed by atoms with Gasteiger partial charge in [-0.2, -0.15) is 0 Å². The predicted octanol–water partition coefficient (Wildman–Crippen LogP) is 1.78. The SMILES string of the molecule is CCC(CNC(=O)C1CSC(c2ccccc2)=N1)C(=O)O. The molecule has 21 heavy (non-hydrogen) atoms. The van der Waals surface area contributed by atoms with Gasteiger partial charge in [-0.3, -0.25) is 14.6 Å².